The van der Waals surface area contributed by atoms with Crippen LogP contribution in [0.5, 0.6) is 11.5 Å². The van der Waals surface area contributed by atoms with Gasteiger partial charge in [-0.2, -0.15) is 5.10 Å². The molecule has 0 unspecified atom stereocenters. The fourth-order valence-corrected chi connectivity index (χ4v) is 3.38. The minimum atomic E-state index is -0.756. The fraction of sp³-hybridized carbons (Fsp3) is 0.182. The highest BCUT2D eigenvalue weighted by Crippen LogP contribution is 2.35. The van der Waals surface area contributed by atoms with Crippen molar-refractivity contribution < 1.29 is 23.9 Å². The van der Waals surface area contributed by atoms with E-state index in [1.807, 2.05) is 0 Å². The summed E-state index contributed by atoms with van der Waals surface area (Å²) in [7, 11) is 2.85. The first-order chi connectivity index (χ1) is 16.9. The van der Waals surface area contributed by atoms with Crippen LogP contribution in [0.1, 0.15) is 10.4 Å². The Bertz CT molecular complexity index is 1460. The van der Waals surface area contributed by atoms with E-state index >= 15 is 0 Å². The maximum atomic E-state index is 13.2. The number of nitro groups is 1. The van der Waals surface area contributed by atoms with Gasteiger partial charge in [0.25, 0.3) is 17.2 Å². The molecule has 180 valence electrons. The zero-order chi connectivity index (χ0) is 24.9. The molecule has 2 aromatic carbocycles. The molecule has 2 aromatic heterocycles. The number of aromatic amines is 1. The zero-order valence-electron chi connectivity index (χ0n) is 18.7. The summed E-state index contributed by atoms with van der Waals surface area (Å²) in [5, 5.41) is 18.9. The predicted octanol–water partition coefficient (Wildman–Crippen LogP) is 2.30. The van der Waals surface area contributed by atoms with Crippen LogP contribution < -0.4 is 20.3 Å². The average molecular weight is 480 g/mol. The number of para-hydroxylation sites is 2. The van der Waals surface area contributed by atoms with Crippen molar-refractivity contribution in [2.45, 2.75) is 0 Å². The highest BCUT2D eigenvalue weighted by molar-refractivity contribution is 6.08. The van der Waals surface area contributed by atoms with E-state index in [0.29, 0.717) is 11.4 Å². The topological polar surface area (TPSA) is 163 Å². The Morgan fingerprint density at radius 1 is 1.20 bits per heavy atom. The lowest BCUT2D eigenvalue weighted by Gasteiger charge is -2.14. The second-order valence-electron chi connectivity index (χ2n) is 7.12. The molecule has 35 heavy (non-hydrogen) atoms. The van der Waals surface area contributed by atoms with Gasteiger partial charge in [-0.1, -0.05) is 12.1 Å². The number of methoxy groups -OCH3 is 2. The number of ether oxygens (including phenoxy) is 3. The van der Waals surface area contributed by atoms with Gasteiger partial charge in [0, 0.05) is 13.2 Å². The maximum absolute atomic E-state index is 13.2. The normalized spacial score (nSPS) is 10.8. The van der Waals surface area contributed by atoms with E-state index in [1.54, 1.807) is 24.3 Å². The van der Waals surface area contributed by atoms with E-state index in [1.165, 1.54) is 37.5 Å². The third kappa shape index (κ3) is 4.65. The molecule has 0 spiro atoms. The van der Waals surface area contributed by atoms with Crippen molar-refractivity contribution in [1.29, 1.82) is 0 Å². The van der Waals surface area contributed by atoms with Crippen LogP contribution in [0.2, 0.25) is 0 Å². The number of anilines is 1. The third-order valence-electron chi connectivity index (χ3n) is 5.02. The number of carbonyl (C=O) groups is 1. The maximum Gasteiger partial charge on any atom is 0.286 e. The number of fused-ring (bicyclic) bond motifs is 1. The lowest BCUT2D eigenvalue weighted by molar-refractivity contribution is -0.385. The minimum absolute atomic E-state index is 0.104. The van der Waals surface area contributed by atoms with Crippen LogP contribution in [-0.2, 0) is 4.74 Å². The molecule has 0 aliphatic heterocycles. The first-order valence-electron chi connectivity index (χ1n) is 10.2. The Hall–Kier alpha value is -4.78. The van der Waals surface area contributed by atoms with Crippen molar-refractivity contribution in [3.63, 3.8) is 0 Å². The van der Waals surface area contributed by atoms with Gasteiger partial charge in [-0.3, -0.25) is 19.7 Å². The van der Waals surface area contributed by atoms with Gasteiger partial charge in [-0.05, 0) is 12.1 Å². The number of amides is 1. The fourth-order valence-electron chi connectivity index (χ4n) is 3.38. The lowest BCUT2D eigenvalue weighted by Crippen LogP contribution is -2.16. The van der Waals surface area contributed by atoms with Crippen LogP contribution in [0.25, 0.3) is 16.7 Å². The molecule has 4 aromatic rings. The molecule has 0 bridgehead atoms. The number of nitrogens with one attached hydrogen (secondary N) is 2. The Labute approximate surface area is 197 Å². The lowest BCUT2D eigenvalue weighted by atomic mass is 10.1. The SMILES string of the molecule is COCCOc1cc([N+](=O)[O-])c(C(=O)Nc2ccccc2-n2ncc3c(=O)[nH]cnc32)cc1OC. The number of hydrogen-bond donors (Lipinski definition) is 2. The number of carbonyl (C=O) groups excluding carboxylic acids is 1. The van der Waals surface area contributed by atoms with Gasteiger partial charge >= 0.3 is 0 Å². The zero-order valence-corrected chi connectivity index (χ0v) is 18.7. The van der Waals surface area contributed by atoms with Crippen molar-refractivity contribution in [2.75, 3.05) is 32.8 Å². The smallest absolute Gasteiger partial charge is 0.286 e. The molecule has 0 aliphatic carbocycles. The van der Waals surface area contributed by atoms with Crippen LogP contribution in [0.4, 0.5) is 11.4 Å². The van der Waals surface area contributed by atoms with E-state index < -0.39 is 16.5 Å². The number of hydrogen-bond acceptors (Lipinski definition) is 9. The van der Waals surface area contributed by atoms with Crippen molar-refractivity contribution in [3.8, 4) is 17.2 Å². The first-order valence-corrected chi connectivity index (χ1v) is 10.2. The molecule has 1 amide bonds. The largest absolute Gasteiger partial charge is 0.493 e. The molecule has 13 heteroatoms. The summed E-state index contributed by atoms with van der Waals surface area (Å²) in [6, 6.07) is 9.01. The standard InChI is InChI=1S/C22H20N6O7/c1-33-7-8-35-19-10-17(28(31)32)13(9-18(19)34-2)22(30)26-15-5-3-4-6-16(15)27-20-14(11-25-27)21(29)24-12-23-20/h3-6,9-12H,7-8H2,1-2H3,(H,26,30)(H,23,24,29). The van der Waals surface area contributed by atoms with E-state index in [-0.39, 0.29) is 46.9 Å². The molecule has 4 rings (SSSR count). The minimum Gasteiger partial charge on any atom is -0.493 e. The van der Waals surface area contributed by atoms with Gasteiger partial charge in [-0.15, -0.1) is 0 Å². The van der Waals surface area contributed by atoms with Crippen molar-refractivity contribution >= 4 is 28.3 Å². The highest BCUT2D eigenvalue weighted by Gasteiger charge is 2.26. The predicted molar refractivity (Wildman–Crippen MR) is 124 cm³/mol. The van der Waals surface area contributed by atoms with Gasteiger partial charge in [0.2, 0.25) is 0 Å². The summed E-state index contributed by atoms with van der Waals surface area (Å²) in [4.78, 5) is 42.9. The molecule has 2 N–H and O–H groups in total. The number of nitrogens with zero attached hydrogens (tertiary/aromatic N) is 4. The van der Waals surface area contributed by atoms with E-state index in [9.17, 15) is 19.7 Å². The van der Waals surface area contributed by atoms with Crippen LogP contribution >= 0.6 is 0 Å². The van der Waals surface area contributed by atoms with Gasteiger partial charge in [0.15, 0.2) is 17.1 Å². The molecule has 0 aliphatic rings. The highest BCUT2D eigenvalue weighted by atomic mass is 16.6. The van der Waals surface area contributed by atoms with E-state index in [4.69, 9.17) is 14.2 Å². The summed E-state index contributed by atoms with van der Waals surface area (Å²) in [5.74, 6) is -0.507. The summed E-state index contributed by atoms with van der Waals surface area (Å²) in [6.45, 7) is 0.399. The summed E-state index contributed by atoms with van der Waals surface area (Å²) in [5.41, 5.74) is -0.0908. The monoisotopic (exact) mass is 480 g/mol. The van der Waals surface area contributed by atoms with Gasteiger partial charge < -0.3 is 24.5 Å². The number of rotatable bonds is 9. The van der Waals surface area contributed by atoms with Crippen molar-refractivity contribution in [3.05, 3.63) is 75.0 Å². The van der Waals surface area contributed by atoms with Gasteiger partial charge in [-0.25, -0.2) is 9.67 Å². The molecule has 0 radical (unpaired) electrons. The Morgan fingerprint density at radius 2 is 2.00 bits per heavy atom. The third-order valence-corrected chi connectivity index (χ3v) is 5.02. The Morgan fingerprint density at radius 3 is 2.74 bits per heavy atom. The first kappa shape index (κ1) is 23.4. The average Bonchev–Trinajstić information content (AvgIpc) is 3.29. The van der Waals surface area contributed by atoms with Crippen LogP contribution in [-0.4, -0.2) is 58.0 Å². The second kappa shape index (κ2) is 10.0. The van der Waals surface area contributed by atoms with Crippen molar-refractivity contribution in [1.82, 2.24) is 19.7 Å². The van der Waals surface area contributed by atoms with Crippen LogP contribution in [0.3, 0.4) is 0 Å². The number of benzene rings is 2. The molecule has 0 atom stereocenters. The Balaban J connectivity index is 1.72. The van der Waals surface area contributed by atoms with Gasteiger partial charge in [0.05, 0.1) is 48.6 Å². The summed E-state index contributed by atoms with van der Waals surface area (Å²) >= 11 is 0. The molecule has 0 fully saturated rings. The number of H-pyrrole nitrogens is 1. The quantitative estimate of drug-likeness (QED) is 0.208. The second-order valence-corrected chi connectivity index (χ2v) is 7.12. The molecule has 2 heterocycles. The van der Waals surface area contributed by atoms with Gasteiger partial charge in [0.1, 0.15) is 17.6 Å². The molecular weight excluding hydrogens is 460 g/mol. The molecule has 0 saturated carbocycles. The van der Waals surface area contributed by atoms with Crippen molar-refractivity contribution in [2.24, 2.45) is 0 Å². The Kier molecular flexibility index (Phi) is 6.69. The molecule has 13 nitrogen and oxygen atoms in total. The van der Waals surface area contributed by atoms with Crippen LogP contribution in [0, 0.1) is 10.1 Å². The number of aromatic nitrogens is 4. The van der Waals surface area contributed by atoms with Crippen LogP contribution in [0.15, 0.2) is 53.7 Å². The van der Waals surface area contributed by atoms with E-state index in [2.05, 4.69) is 20.4 Å². The van der Waals surface area contributed by atoms with E-state index in [0.717, 1.165) is 6.07 Å². The molecule has 0 saturated heterocycles. The summed E-state index contributed by atoms with van der Waals surface area (Å²) in [6.07, 6.45) is 2.60. The number of nitro benzene ring substituents is 1. The summed E-state index contributed by atoms with van der Waals surface area (Å²) < 4.78 is 17.1. The molecular formula is C22H20N6O7.